The number of nitrogens with one attached hydrogen (secondary N) is 2. The third-order valence-corrected chi connectivity index (χ3v) is 2.49. The number of aromatic nitrogens is 2. The Morgan fingerprint density at radius 1 is 1.41 bits per heavy atom. The lowest BCUT2D eigenvalue weighted by Crippen LogP contribution is -2.40. The predicted octanol–water partition coefficient (Wildman–Crippen LogP) is 0.254. The van der Waals surface area contributed by atoms with Gasteiger partial charge in [0.05, 0.1) is 7.11 Å². The Labute approximate surface area is 98.5 Å². The minimum absolute atomic E-state index is 0.136. The van der Waals surface area contributed by atoms with E-state index in [1.165, 1.54) is 13.4 Å². The van der Waals surface area contributed by atoms with Crippen LogP contribution in [-0.4, -0.2) is 42.7 Å². The Kier molecular flexibility index (Phi) is 3.38. The van der Waals surface area contributed by atoms with Gasteiger partial charge < -0.3 is 20.1 Å². The molecule has 0 spiro atoms. The minimum Gasteiger partial charge on any atom is -0.479 e. The number of fused-ring (bicyclic) bond motifs is 1. The summed E-state index contributed by atoms with van der Waals surface area (Å²) in [6.45, 7) is 0.503. The Morgan fingerprint density at radius 3 is 2.94 bits per heavy atom. The molecule has 2 N–H and O–H groups in total. The van der Waals surface area contributed by atoms with Crippen LogP contribution in [-0.2, 0) is 9.53 Å². The van der Waals surface area contributed by atoms with Crippen molar-refractivity contribution >= 4 is 17.4 Å². The second-order valence-corrected chi connectivity index (χ2v) is 3.57. The summed E-state index contributed by atoms with van der Waals surface area (Å²) in [4.78, 5) is 19.8. The number of ether oxygens (including phenoxy) is 2. The van der Waals surface area contributed by atoms with E-state index >= 15 is 0 Å². The van der Waals surface area contributed by atoms with Gasteiger partial charge in [-0.15, -0.1) is 0 Å². The molecule has 17 heavy (non-hydrogen) atoms. The zero-order chi connectivity index (χ0) is 12.3. The monoisotopic (exact) mass is 238 g/mol. The Hall–Kier alpha value is -1.89. The highest BCUT2D eigenvalue weighted by atomic mass is 16.5. The molecule has 0 radical (unpaired) electrons. The van der Waals surface area contributed by atoms with Crippen molar-refractivity contribution < 1.29 is 14.3 Å². The van der Waals surface area contributed by atoms with Gasteiger partial charge in [0.15, 0.2) is 5.82 Å². The fourth-order valence-electron chi connectivity index (χ4n) is 1.63. The molecule has 1 amide bonds. The number of amides is 1. The van der Waals surface area contributed by atoms with Crippen molar-refractivity contribution in [2.75, 3.05) is 31.5 Å². The van der Waals surface area contributed by atoms with Crippen molar-refractivity contribution in [2.45, 2.75) is 12.5 Å². The van der Waals surface area contributed by atoms with E-state index in [1.54, 1.807) is 7.11 Å². The normalized spacial score (nSPS) is 18.0. The van der Waals surface area contributed by atoms with E-state index in [9.17, 15) is 4.79 Å². The van der Waals surface area contributed by atoms with Crippen LogP contribution in [0.2, 0.25) is 0 Å². The summed E-state index contributed by atoms with van der Waals surface area (Å²) in [5, 5.41) is 5.76. The largest absolute Gasteiger partial charge is 0.479 e. The molecular weight excluding hydrogens is 224 g/mol. The number of hydrogen-bond acceptors (Lipinski definition) is 6. The lowest BCUT2D eigenvalue weighted by atomic mass is 10.1. The van der Waals surface area contributed by atoms with Crippen LogP contribution < -0.4 is 15.4 Å². The number of carbonyl (C=O) groups is 1. The number of methoxy groups -OCH3 is 2. The molecule has 1 unspecified atom stereocenters. The van der Waals surface area contributed by atoms with Gasteiger partial charge in [0.2, 0.25) is 11.8 Å². The van der Waals surface area contributed by atoms with Crippen LogP contribution in [0.4, 0.5) is 11.5 Å². The standard InChI is InChI=1S/C10H14N4O3/c1-16-4-3-6-9(15)14-7-8(13-6)11-5-12-10(7)17-2/h5-6H,3-4H2,1-2H3,(H,14,15)(H,11,12,13). The Morgan fingerprint density at radius 2 is 2.24 bits per heavy atom. The van der Waals surface area contributed by atoms with Crippen LogP contribution in [0.25, 0.3) is 0 Å². The third-order valence-electron chi connectivity index (χ3n) is 2.49. The molecule has 0 saturated heterocycles. The average Bonchev–Trinajstić information content (AvgIpc) is 2.35. The highest BCUT2D eigenvalue weighted by molar-refractivity contribution is 6.03. The van der Waals surface area contributed by atoms with E-state index < -0.39 is 0 Å². The number of hydrogen-bond donors (Lipinski definition) is 2. The van der Waals surface area contributed by atoms with Gasteiger partial charge in [-0.05, 0) is 6.42 Å². The molecule has 1 atom stereocenters. The third kappa shape index (κ3) is 2.28. The Bertz CT molecular complexity index is 424. The van der Waals surface area contributed by atoms with Crippen LogP contribution in [0.3, 0.4) is 0 Å². The zero-order valence-corrected chi connectivity index (χ0v) is 9.69. The van der Waals surface area contributed by atoms with Gasteiger partial charge in [-0.2, -0.15) is 4.98 Å². The van der Waals surface area contributed by atoms with E-state index in [-0.39, 0.29) is 11.9 Å². The summed E-state index contributed by atoms with van der Waals surface area (Å²) >= 11 is 0. The summed E-state index contributed by atoms with van der Waals surface area (Å²) in [5.41, 5.74) is 0.480. The van der Waals surface area contributed by atoms with Gasteiger partial charge in [0.1, 0.15) is 18.1 Å². The SMILES string of the molecule is COCCC1Nc2ncnc(OC)c2NC1=O. The summed E-state index contributed by atoms with van der Waals surface area (Å²) < 4.78 is 10.00. The van der Waals surface area contributed by atoms with E-state index in [1.807, 2.05) is 0 Å². The quantitative estimate of drug-likeness (QED) is 0.782. The molecule has 2 rings (SSSR count). The molecule has 7 heteroatoms. The summed E-state index contributed by atoms with van der Waals surface area (Å²) in [5.74, 6) is 0.779. The zero-order valence-electron chi connectivity index (χ0n) is 9.69. The molecule has 0 aliphatic carbocycles. The maximum atomic E-state index is 11.8. The first-order valence-electron chi connectivity index (χ1n) is 5.21. The molecule has 0 fully saturated rings. The van der Waals surface area contributed by atoms with Crippen molar-refractivity contribution in [2.24, 2.45) is 0 Å². The van der Waals surface area contributed by atoms with Gasteiger partial charge >= 0.3 is 0 Å². The molecule has 1 aliphatic heterocycles. The molecule has 92 valence electrons. The van der Waals surface area contributed by atoms with Crippen LogP contribution in [0.5, 0.6) is 5.88 Å². The first-order valence-corrected chi connectivity index (χ1v) is 5.21. The van der Waals surface area contributed by atoms with E-state index in [2.05, 4.69) is 20.6 Å². The van der Waals surface area contributed by atoms with Gasteiger partial charge in [-0.3, -0.25) is 4.79 Å². The highest BCUT2D eigenvalue weighted by Crippen LogP contribution is 2.31. The minimum atomic E-state index is -0.345. The summed E-state index contributed by atoms with van der Waals surface area (Å²) in [6.07, 6.45) is 1.96. The molecule has 0 aromatic carbocycles. The molecular formula is C10H14N4O3. The fourth-order valence-corrected chi connectivity index (χ4v) is 1.63. The van der Waals surface area contributed by atoms with Gasteiger partial charge in [0.25, 0.3) is 0 Å². The number of anilines is 2. The van der Waals surface area contributed by atoms with Gasteiger partial charge in [0, 0.05) is 13.7 Å². The molecule has 1 aliphatic rings. The maximum absolute atomic E-state index is 11.8. The number of nitrogens with zero attached hydrogens (tertiary/aromatic N) is 2. The predicted molar refractivity (Wildman–Crippen MR) is 61.1 cm³/mol. The van der Waals surface area contributed by atoms with Crippen molar-refractivity contribution in [1.29, 1.82) is 0 Å². The van der Waals surface area contributed by atoms with Crippen molar-refractivity contribution in [3.63, 3.8) is 0 Å². The van der Waals surface area contributed by atoms with Crippen molar-refractivity contribution in [3.8, 4) is 5.88 Å². The van der Waals surface area contributed by atoms with E-state index in [0.717, 1.165) is 0 Å². The Balaban J connectivity index is 2.21. The molecule has 2 heterocycles. The van der Waals surface area contributed by atoms with Crippen LogP contribution >= 0.6 is 0 Å². The topological polar surface area (TPSA) is 85.4 Å². The lowest BCUT2D eigenvalue weighted by molar-refractivity contribution is -0.117. The second-order valence-electron chi connectivity index (χ2n) is 3.57. The van der Waals surface area contributed by atoms with Crippen LogP contribution in [0, 0.1) is 0 Å². The molecule has 7 nitrogen and oxygen atoms in total. The van der Waals surface area contributed by atoms with Crippen LogP contribution in [0.15, 0.2) is 6.33 Å². The number of rotatable bonds is 4. The van der Waals surface area contributed by atoms with Gasteiger partial charge in [-0.1, -0.05) is 0 Å². The molecule has 0 saturated carbocycles. The molecule has 1 aromatic heterocycles. The van der Waals surface area contributed by atoms with Crippen molar-refractivity contribution in [1.82, 2.24) is 9.97 Å². The second kappa shape index (κ2) is 4.96. The fraction of sp³-hybridized carbons (Fsp3) is 0.500. The maximum Gasteiger partial charge on any atom is 0.247 e. The summed E-state index contributed by atoms with van der Waals surface area (Å²) in [6, 6.07) is -0.345. The molecule has 0 bridgehead atoms. The number of carbonyl (C=O) groups excluding carboxylic acids is 1. The molecule has 1 aromatic rings. The summed E-state index contributed by atoms with van der Waals surface area (Å²) in [7, 11) is 3.09. The van der Waals surface area contributed by atoms with Crippen molar-refractivity contribution in [3.05, 3.63) is 6.33 Å². The highest BCUT2D eigenvalue weighted by Gasteiger charge is 2.28. The van der Waals surface area contributed by atoms with Gasteiger partial charge in [-0.25, -0.2) is 4.98 Å². The first-order chi connectivity index (χ1) is 8.26. The van der Waals surface area contributed by atoms with E-state index in [0.29, 0.717) is 30.4 Å². The lowest BCUT2D eigenvalue weighted by Gasteiger charge is -2.26. The smallest absolute Gasteiger partial charge is 0.247 e. The van der Waals surface area contributed by atoms with E-state index in [4.69, 9.17) is 9.47 Å². The van der Waals surface area contributed by atoms with Crippen LogP contribution in [0.1, 0.15) is 6.42 Å². The first kappa shape index (κ1) is 11.6. The average molecular weight is 238 g/mol.